The lowest BCUT2D eigenvalue weighted by molar-refractivity contribution is 0.0697. The van der Waals surface area contributed by atoms with E-state index in [1.807, 2.05) is 0 Å². The highest BCUT2D eigenvalue weighted by Gasteiger charge is 2.14. The third-order valence-electron chi connectivity index (χ3n) is 2.43. The van der Waals surface area contributed by atoms with Crippen LogP contribution in [0, 0.1) is 0 Å². The summed E-state index contributed by atoms with van der Waals surface area (Å²) in [6.45, 7) is 0. The van der Waals surface area contributed by atoms with Crippen LogP contribution in [0.4, 0.5) is 0 Å². The summed E-state index contributed by atoms with van der Waals surface area (Å²) in [5, 5.41) is 10.5. The second-order valence-electron chi connectivity index (χ2n) is 3.62. The maximum absolute atomic E-state index is 11.2. The van der Waals surface area contributed by atoms with Gasteiger partial charge in [0.2, 0.25) is 0 Å². The smallest absolute Gasteiger partial charge is 0.336 e. The standard InChI is InChI=1S/C13H7Cl3O2/c14-7-1-3-9(11(6-7)13(17)18)10-5-8(15)2-4-12(10)16/h1-6H,(H,17,18). The number of hydrogen-bond acceptors (Lipinski definition) is 1. The van der Waals surface area contributed by atoms with Crippen LogP contribution in [0.5, 0.6) is 0 Å². The third kappa shape index (κ3) is 2.61. The molecule has 2 nitrogen and oxygen atoms in total. The Labute approximate surface area is 119 Å². The van der Waals surface area contributed by atoms with Gasteiger partial charge in [-0.15, -0.1) is 0 Å². The fraction of sp³-hybridized carbons (Fsp3) is 0. The fourth-order valence-corrected chi connectivity index (χ4v) is 2.20. The molecule has 0 saturated carbocycles. The Morgan fingerprint density at radius 2 is 1.50 bits per heavy atom. The van der Waals surface area contributed by atoms with Gasteiger partial charge in [-0.1, -0.05) is 40.9 Å². The number of carbonyl (C=O) groups is 1. The van der Waals surface area contributed by atoms with Crippen molar-refractivity contribution in [3.8, 4) is 11.1 Å². The second kappa shape index (κ2) is 5.19. The number of carboxylic acid groups (broad SMARTS) is 1. The Balaban J connectivity index is 2.70. The molecule has 0 aliphatic heterocycles. The van der Waals surface area contributed by atoms with Gasteiger partial charge >= 0.3 is 5.97 Å². The molecule has 0 unspecified atom stereocenters. The summed E-state index contributed by atoms with van der Waals surface area (Å²) in [6, 6.07) is 9.50. The van der Waals surface area contributed by atoms with E-state index in [0.717, 1.165) is 0 Å². The van der Waals surface area contributed by atoms with Gasteiger partial charge < -0.3 is 5.11 Å². The Morgan fingerprint density at radius 1 is 0.889 bits per heavy atom. The van der Waals surface area contributed by atoms with E-state index < -0.39 is 5.97 Å². The quantitative estimate of drug-likeness (QED) is 0.846. The van der Waals surface area contributed by atoms with Gasteiger partial charge in [0.15, 0.2) is 0 Å². The van der Waals surface area contributed by atoms with Crippen LogP contribution in [0.15, 0.2) is 36.4 Å². The minimum absolute atomic E-state index is 0.0895. The monoisotopic (exact) mass is 300 g/mol. The van der Waals surface area contributed by atoms with Crippen LogP contribution < -0.4 is 0 Å². The predicted octanol–water partition coefficient (Wildman–Crippen LogP) is 5.01. The minimum Gasteiger partial charge on any atom is -0.478 e. The van der Waals surface area contributed by atoms with E-state index in [9.17, 15) is 9.90 Å². The molecule has 0 radical (unpaired) electrons. The van der Waals surface area contributed by atoms with Crippen molar-refractivity contribution in [2.45, 2.75) is 0 Å². The zero-order chi connectivity index (χ0) is 13.3. The molecule has 2 aromatic carbocycles. The highest BCUT2D eigenvalue weighted by atomic mass is 35.5. The van der Waals surface area contributed by atoms with Crippen LogP contribution in [0.25, 0.3) is 11.1 Å². The van der Waals surface area contributed by atoms with Crippen LogP contribution in [-0.2, 0) is 0 Å². The Morgan fingerprint density at radius 3 is 2.17 bits per heavy atom. The van der Waals surface area contributed by atoms with Crippen molar-refractivity contribution in [3.63, 3.8) is 0 Å². The Bertz CT molecular complexity index is 624. The van der Waals surface area contributed by atoms with Crippen molar-refractivity contribution < 1.29 is 9.90 Å². The molecule has 0 aliphatic carbocycles. The van der Waals surface area contributed by atoms with Gasteiger partial charge in [-0.05, 0) is 35.9 Å². The highest BCUT2D eigenvalue weighted by Crippen LogP contribution is 2.34. The summed E-state index contributed by atoms with van der Waals surface area (Å²) >= 11 is 17.8. The molecule has 0 saturated heterocycles. The fourth-order valence-electron chi connectivity index (χ4n) is 1.63. The molecule has 0 aromatic heterocycles. The molecule has 5 heteroatoms. The first-order chi connectivity index (χ1) is 8.49. The molecule has 0 fully saturated rings. The molecule has 18 heavy (non-hydrogen) atoms. The summed E-state index contributed by atoms with van der Waals surface area (Å²) in [6.07, 6.45) is 0. The zero-order valence-electron chi connectivity index (χ0n) is 8.95. The summed E-state index contributed by atoms with van der Waals surface area (Å²) in [4.78, 5) is 11.2. The minimum atomic E-state index is -1.07. The van der Waals surface area contributed by atoms with Crippen molar-refractivity contribution >= 4 is 40.8 Å². The van der Waals surface area contributed by atoms with Gasteiger partial charge in [0.1, 0.15) is 0 Å². The molecule has 2 aromatic rings. The van der Waals surface area contributed by atoms with Gasteiger partial charge in [0, 0.05) is 20.6 Å². The van der Waals surface area contributed by atoms with E-state index >= 15 is 0 Å². The van der Waals surface area contributed by atoms with E-state index in [1.165, 1.54) is 6.07 Å². The Hall–Kier alpha value is -1.22. The second-order valence-corrected chi connectivity index (χ2v) is 4.90. The van der Waals surface area contributed by atoms with Crippen LogP contribution in [0.2, 0.25) is 15.1 Å². The Kier molecular flexibility index (Phi) is 3.81. The first-order valence-corrected chi connectivity index (χ1v) is 6.10. The topological polar surface area (TPSA) is 37.3 Å². The van der Waals surface area contributed by atoms with Gasteiger partial charge in [0.05, 0.1) is 5.56 Å². The zero-order valence-corrected chi connectivity index (χ0v) is 11.2. The van der Waals surface area contributed by atoms with Crippen LogP contribution in [0.3, 0.4) is 0 Å². The van der Waals surface area contributed by atoms with Crippen molar-refractivity contribution in [2.75, 3.05) is 0 Å². The molecular formula is C13H7Cl3O2. The third-order valence-corrected chi connectivity index (χ3v) is 3.23. The summed E-state index contributed by atoms with van der Waals surface area (Å²) in [5.74, 6) is -1.07. The number of benzene rings is 2. The molecule has 0 amide bonds. The van der Waals surface area contributed by atoms with Crippen LogP contribution in [-0.4, -0.2) is 11.1 Å². The SMILES string of the molecule is O=C(O)c1cc(Cl)ccc1-c1cc(Cl)ccc1Cl. The van der Waals surface area contributed by atoms with E-state index in [0.29, 0.717) is 26.2 Å². The largest absolute Gasteiger partial charge is 0.478 e. The van der Waals surface area contributed by atoms with E-state index in [1.54, 1.807) is 30.3 Å². The van der Waals surface area contributed by atoms with Crippen molar-refractivity contribution in [1.82, 2.24) is 0 Å². The van der Waals surface area contributed by atoms with Gasteiger partial charge in [0.25, 0.3) is 0 Å². The van der Waals surface area contributed by atoms with E-state index in [-0.39, 0.29) is 5.56 Å². The lowest BCUT2D eigenvalue weighted by atomic mass is 10.00. The molecule has 1 N–H and O–H groups in total. The van der Waals surface area contributed by atoms with Crippen LogP contribution >= 0.6 is 34.8 Å². The molecule has 0 heterocycles. The summed E-state index contributed by atoms with van der Waals surface area (Å²) in [5.41, 5.74) is 1.14. The number of aromatic carboxylic acids is 1. The molecule has 0 spiro atoms. The van der Waals surface area contributed by atoms with Crippen molar-refractivity contribution in [2.24, 2.45) is 0 Å². The van der Waals surface area contributed by atoms with E-state index in [2.05, 4.69) is 0 Å². The van der Waals surface area contributed by atoms with Gasteiger partial charge in [-0.3, -0.25) is 0 Å². The first kappa shape index (κ1) is 13.2. The van der Waals surface area contributed by atoms with Gasteiger partial charge in [-0.25, -0.2) is 4.79 Å². The lowest BCUT2D eigenvalue weighted by Crippen LogP contribution is -1.99. The van der Waals surface area contributed by atoms with Crippen molar-refractivity contribution in [3.05, 3.63) is 57.0 Å². The molecule has 0 atom stereocenters. The molecule has 92 valence electrons. The molecule has 2 rings (SSSR count). The lowest BCUT2D eigenvalue weighted by Gasteiger charge is -2.09. The number of rotatable bonds is 2. The molecule has 0 bridgehead atoms. The number of halogens is 3. The maximum Gasteiger partial charge on any atom is 0.336 e. The average molecular weight is 302 g/mol. The van der Waals surface area contributed by atoms with Crippen molar-refractivity contribution in [1.29, 1.82) is 0 Å². The molecule has 0 aliphatic rings. The van der Waals surface area contributed by atoms with Gasteiger partial charge in [-0.2, -0.15) is 0 Å². The highest BCUT2D eigenvalue weighted by molar-refractivity contribution is 6.35. The molecular weight excluding hydrogens is 294 g/mol. The van der Waals surface area contributed by atoms with E-state index in [4.69, 9.17) is 34.8 Å². The normalized spacial score (nSPS) is 10.4. The summed E-state index contributed by atoms with van der Waals surface area (Å²) in [7, 11) is 0. The predicted molar refractivity (Wildman–Crippen MR) is 73.9 cm³/mol. The average Bonchev–Trinajstić information content (AvgIpc) is 2.32. The number of hydrogen-bond donors (Lipinski definition) is 1. The van der Waals surface area contributed by atoms with Crippen LogP contribution in [0.1, 0.15) is 10.4 Å². The first-order valence-electron chi connectivity index (χ1n) is 4.97. The summed E-state index contributed by atoms with van der Waals surface area (Å²) < 4.78 is 0. The maximum atomic E-state index is 11.2. The number of carboxylic acids is 1.